The molecule has 1 aliphatic carbocycles. The Bertz CT molecular complexity index is 447. The van der Waals surface area contributed by atoms with Crippen LogP contribution in [0, 0.1) is 11.6 Å². The van der Waals surface area contributed by atoms with Crippen molar-refractivity contribution in [1.82, 2.24) is 5.43 Å². The van der Waals surface area contributed by atoms with Crippen molar-refractivity contribution in [2.45, 2.75) is 31.7 Å². The fourth-order valence-corrected chi connectivity index (χ4v) is 2.56. The lowest BCUT2D eigenvalue weighted by atomic mass is 10.1. The molecule has 1 aliphatic rings. The van der Waals surface area contributed by atoms with Crippen LogP contribution >= 0.6 is 15.9 Å². The third kappa shape index (κ3) is 2.87. The number of nitrogens with zero attached hydrogens (tertiary/aromatic N) is 1. The van der Waals surface area contributed by atoms with E-state index in [0.29, 0.717) is 4.47 Å². The molecule has 0 spiro atoms. The van der Waals surface area contributed by atoms with E-state index in [1.54, 1.807) is 0 Å². The minimum absolute atomic E-state index is 0.0735. The van der Waals surface area contributed by atoms with E-state index in [0.717, 1.165) is 25.7 Å². The smallest absolute Gasteiger partial charge is 0.148 e. The standard InChI is InChI=1S/C12H14BrF2N3/c13-7-5-9(14)11(10(15)6-7)12(18-16)17-8-3-1-2-4-8/h5-6,8H,1-4,16H2,(H,17,18). The fourth-order valence-electron chi connectivity index (χ4n) is 2.16. The number of benzene rings is 1. The molecule has 0 heterocycles. The second-order valence-electron chi connectivity index (χ2n) is 4.30. The third-order valence-electron chi connectivity index (χ3n) is 3.02. The zero-order chi connectivity index (χ0) is 13.1. The van der Waals surface area contributed by atoms with Gasteiger partial charge in [0.05, 0.1) is 11.6 Å². The Morgan fingerprint density at radius 1 is 1.28 bits per heavy atom. The summed E-state index contributed by atoms with van der Waals surface area (Å²) >= 11 is 3.03. The number of hydrogen-bond donors (Lipinski definition) is 2. The second kappa shape index (κ2) is 5.75. The molecule has 0 unspecified atom stereocenters. The van der Waals surface area contributed by atoms with Crippen LogP contribution in [0.15, 0.2) is 21.6 Å². The summed E-state index contributed by atoms with van der Waals surface area (Å²) in [7, 11) is 0. The van der Waals surface area contributed by atoms with E-state index in [1.807, 2.05) is 0 Å². The van der Waals surface area contributed by atoms with Crippen LogP contribution in [-0.4, -0.2) is 11.9 Å². The summed E-state index contributed by atoms with van der Waals surface area (Å²) in [6, 6.07) is 2.48. The summed E-state index contributed by atoms with van der Waals surface area (Å²) in [5.41, 5.74) is 2.10. The van der Waals surface area contributed by atoms with E-state index in [2.05, 4.69) is 26.3 Å². The van der Waals surface area contributed by atoms with Crippen molar-refractivity contribution in [2.24, 2.45) is 10.8 Å². The van der Waals surface area contributed by atoms with Crippen LogP contribution in [0.25, 0.3) is 0 Å². The van der Waals surface area contributed by atoms with Crippen molar-refractivity contribution in [3.63, 3.8) is 0 Å². The minimum atomic E-state index is -0.684. The number of nitrogens with two attached hydrogens (primary N) is 1. The Labute approximate surface area is 113 Å². The zero-order valence-corrected chi connectivity index (χ0v) is 11.3. The van der Waals surface area contributed by atoms with Gasteiger partial charge in [0.2, 0.25) is 0 Å². The van der Waals surface area contributed by atoms with Crippen molar-refractivity contribution >= 4 is 21.8 Å². The van der Waals surface area contributed by atoms with Crippen LogP contribution in [-0.2, 0) is 0 Å². The lowest BCUT2D eigenvalue weighted by molar-refractivity contribution is 0.574. The maximum absolute atomic E-state index is 13.8. The van der Waals surface area contributed by atoms with Gasteiger partial charge < -0.3 is 5.43 Å². The molecule has 0 aromatic heterocycles. The van der Waals surface area contributed by atoms with Gasteiger partial charge in [0, 0.05) is 4.47 Å². The van der Waals surface area contributed by atoms with E-state index in [1.165, 1.54) is 12.1 Å². The van der Waals surface area contributed by atoms with Gasteiger partial charge in [-0.2, -0.15) is 0 Å². The summed E-state index contributed by atoms with van der Waals surface area (Å²) in [5.74, 6) is 4.04. The highest BCUT2D eigenvalue weighted by molar-refractivity contribution is 9.10. The molecule has 0 amide bonds. The summed E-state index contributed by atoms with van der Waals surface area (Å²) in [4.78, 5) is 4.30. The van der Waals surface area contributed by atoms with Crippen LogP contribution in [0.4, 0.5) is 8.78 Å². The summed E-state index contributed by atoms with van der Waals surface area (Å²) in [5, 5.41) is 0. The van der Waals surface area contributed by atoms with E-state index in [9.17, 15) is 8.78 Å². The number of amidine groups is 1. The summed E-state index contributed by atoms with van der Waals surface area (Å²) < 4.78 is 27.9. The largest absolute Gasteiger partial charge is 0.308 e. The van der Waals surface area contributed by atoms with Crippen LogP contribution in [0.5, 0.6) is 0 Å². The summed E-state index contributed by atoms with van der Waals surface area (Å²) in [6.07, 6.45) is 4.06. The molecule has 3 N–H and O–H groups in total. The molecule has 98 valence electrons. The van der Waals surface area contributed by atoms with Crippen molar-refractivity contribution in [3.8, 4) is 0 Å². The van der Waals surface area contributed by atoms with Gasteiger partial charge in [0.15, 0.2) is 0 Å². The molecule has 1 fully saturated rings. The van der Waals surface area contributed by atoms with Crippen molar-refractivity contribution in [3.05, 3.63) is 33.8 Å². The third-order valence-corrected chi connectivity index (χ3v) is 3.47. The quantitative estimate of drug-likeness (QED) is 0.381. The Hall–Kier alpha value is -1.01. The van der Waals surface area contributed by atoms with Crippen LogP contribution in [0.2, 0.25) is 0 Å². The molecule has 1 saturated carbocycles. The van der Waals surface area contributed by atoms with Crippen molar-refractivity contribution in [1.29, 1.82) is 0 Å². The number of rotatable bonds is 2. The monoisotopic (exact) mass is 317 g/mol. The fraction of sp³-hybridized carbons (Fsp3) is 0.417. The van der Waals surface area contributed by atoms with E-state index in [-0.39, 0.29) is 17.4 Å². The normalized spacial score (nSPS) is 17.2. The maximum atomic E-state index is 13.8. The predicted octanol–water partition coefficient (Wildman–Crippen LogP) is 2.88. The molecule has 0 bridgehead atoms. The molecule has 0 saturated heterocycles. The van der Waals surface area contributed by atoms with Gasteiger partial charge in [0.1, 0.15) is 17.5 Å². The zero-order valence-electron chi connectivity index (χ0n) is 9.72. The van der Waals surface area contributed by atoms with E-state index in [4.69, 9.17) is 5.84 Å². The van der Waals surface area contributed by atoms with Crippen LogP contribution < -0.4 is 11.3 Å². The average molecular weight is 318 g/mol. The first-order valence-corrected chi connectivity index (χ1v) is 6.60. The first kappa shape index (κ1) is 13.4. The molecule has 6 heteroatoms. The Morgan fingerprint density at radius 3 is 2.33 bits per heavy atom. The van der Waals surface area contributed by atoms with Gasteiger partial charge in [-0.1, -0.05) is 28.8 Å². The Kier molecular flexibility index (Phi) is 4.29. The average Bonchev–Trinajstić information content (AvgIpc) is 2.79. The Morgan fingerprint density at radius 2 is 1.83 bits per heavy atom. The van der Waals surface area contributed by atoms with Gasteiger partial charge in [-0.3, -0.25) is 4.99 Å². The lowest BCUT2D eigenvalue weighted by Gasteiger charge is -2.11. The first-order chi connectivity index (χ1) is 8.61. The molecular formula is C12H14BrF2N3. The van der Waals surface area contributed by atoms with Gasteiger partial charge in [-0.15, -0.1) is 0 Å². The number of nitrogens with one attached hydrogen (secondary N) is 1. The summed E-state index contributed by atoms with van der Waals surface area (Å²) in [6.45, 7) is 0. The van der Waals surface area contributed by atoms with Crippen molar-refractivity contribution < 1.29 is 8.78 Å². The molecule has 2 rings (SSSR count). The van der Waals surface area contributed by atoms with Gasteiger partial charge >= 0.3 is 0 Å². The molecule has 0 atom stereocenters. The highest BCUT2D eigenvalue weighted by Gasteiger charge is 2.19. The molecule has 1 aromatic carbocycles. The SMILES string of the molecule is NNC(=NC1CCCC1)c1c(F)cc(Br)cc1F. The first-order valence-electron chi connectivity index (χ1n) is 5.81. The second-order valence-corrected chi connectivity index (χ2v) is 5.22. The molecule has 18 heavy (non-hydrogen) atoms. The highest BCUT2D eigenvalue weighted by atomic mass is 79.9. The number of aliphatic imine (C=N–C) groups is 1. The molecular weight excluding hydrogens is 304 g/mol. The lowest BCUT2D eigenvalue weighted by Crippen LogP contribution is -2.33. The molecule has 0 aliphatic heterocycles. The van der Waals surface area contributed by atoms with Gasteiger partial charge in [-0.05, 0) is 25.0 Å². The van der Waals surface area contributed by atoms with Crippen LogP contribution in [0.1, 0.15) is 31.2 Å². The topological polar surface area (TPSA) is 50.4 Å². The predicted molar refractivity (Wildman–Crippen MR) is 70.2 cm³/mol. The number of hydrogen-bond acceptors (Lipinski definition) is 2. The highest BCUT2D eigenvalue weighted by Crippen LogP contribution is 2.23. The van der Waals surface area contributed by atoms with Gasteiger partial charge in [0.25, 0.3) is 0 Å². The maximum Gasteiger partial charge on any atom is 0.148 e. The molecule has 3 nitrogen and oxygen atoms in total. The van der Waals surface area contributed by atoms with E-state index < -0.39 is 11.6 Å². The number of halogens is 3. The van der Waals surface area contributed by atoms with E-state index >= 15 is 0 Å². The van der Waals surface area contributed by atoms with Gasteiger partial charge in [-0.25, -0.2) is 14.6 Å². The van der Waals surface area contributed by atoms with Crippen molar-refractivity contribution in [2.75, 3.05) is 0 Å². The number of hydrazine groups is 1. The Balaban J connectivity index is 2.38. The minimum Gasteiger partial charge on any atom is -0.308 e. The van der Waals surface area contributed by atoms with Crippen LogP contribution in [0.3, 0.4) is 0 Å². The molecule has 0 radical (unpaired) electrons. The molecule has 1 aromatic rings.